The van der Waals surface area contributed by atoms with Crippen molar-refractivity contribution in [3.8, 4) is 5.69 Å². The van der Waals surface area contributed by atoms with Gasteiger partial charge in [0.05, 0.1) is 10.7 Å². The fraction of sp³-hybridized carbons (Fsp3) is 0.526. The molecule has 0 radical (unpaired) electrons. The number of rotatable bonds is 7. The first-order valence-corrected chi connectivity index (χ1v) is 9.49. The highest BCUT2D eigenvalue weighted by atomic mass is 35.5. The maximum absolute atomic E-state index is 12.8. The standard InChI is InChI=1S/C19H26ClN5O.ClH/c1-12(2)15(21)10-11-24(3)19(26)17-22-18(13-8-9-13)25(23-17)16-7-5-4-6-14(16)20;/h4-7,12-13,15H,8-11,21H2,1-3H3;1H. The van der Waals surface area contributed by atoms with E-state index in [-0.39, 0.29) is 30.2 Å². The monoisotopic (exact) mass is 411 g/mol. The summed E-state index contributed by atoms with van der Waals surface area (Å²) in [5, 5.41) is 5.08. The Hall–Kier alpha value is -1.63. The number of carbonyl (C=O) groups excluding carboxylic acids is 1. The number of hydrogen-bond acceptors (Lipinski definition) is 4. The highest BCUT2D eigenvalue weighted by Crippen LogP contribution is 2.40. The Balaban J connectivity index is 0.00000261. The number of aromatic nitrogens is 3. The van der Waals surface area contributed by atoms with Crippen molar-refractivity contribution >= 4 is 29.9 Å². The Morgan fingerprint density at radius 1 is 1.37 bits per heavy atom. The lowest BCUT2D eigenvalue weighted by Crippen LogP contribution is -2.35. The molecule has 1 aromatic heterocycles. The molecule has 1 atom stereocenters. The van der Waals surface area contributed by atoms with Crippen molar-refractivity contribution in [1.82, 2.24) is 19.7 Å². The first kappa shape index (κ1) is 21.7. The lowest BCUT2D eigenvalue weighted by atomic mass is 10.0. The molecule has 1 fully saturated rings. The van der Waals surface area contributed by atoms with Gasteiger partial charge in [-0.25, -0.2) is 9.67 Å². The smallest absolute Gasteiger partial charge is 0.293 e. The molecular formula is C19H27Cl2N5O. The highest BCUT2D eigenvalue weighted by Gasteiger charge is 2.32. The Kier molecular flexibility index (Phi) is 7.25. The first-order valence-electron chi connectivity index (χ1n) is 9.11. The maximum Gasteiger partial charge on any atom is 0.293 e. The third kappa shape index (κ3) is 5.00. The van der Waals surface area contributed by atoms with Gasteiger partial charge in [0.15, 0.2) is 0 Å². The van der Waals surface area contributed by atoms with E-state index in [4.69, 9.17) is 17.3 Å². The summed E-state index contributed by atoms with van der Waals surface area (Å²) >= 11 is 6.32. The number of benzene rings is 1. The third-order valence-corrected chi connectivity index (χ3v) is 5.17. The molecule has 1 unspecified atom stereocenters. The number of para-hydroxylation sites is 1. The lowest BCUT2D eigenvalue weighted by molar-refractivity contribution is 0.0777. The van der Waals surface area contributed by atoms with Crippen LogP contribution in [0.3, 0.4) is 0 Å². The van der Waals surface area contributed by atoms with Crippen LogP contribution in [0.4, 0.5) is 0 Å². The van der Waals surface area contributed by atoms with Gasteiger partial charge in [-0.1, -0.05) is 37.6 Å². The fourth-order valence-electron chi connectivity index (χ4n) is 2.77. The Bertz CT molecular complexity index is 788. The topological polar surface area (TPSA) is 77.0 Å². The molecule has 1 heterocycles. The van der Waals surface area contributed by atoms with Crippen molar-refractivity contribution in [3.05, 3.63) is 40.9 Å². The predicted molar refractivity (Wildman–Crippen MR) is 110 cm³/mol. The fourth-order valence-corrected chi connectivity index (χ4v) is 2.99. The van der Waals surface area contributed by atoms with Crippen LogP contribution >= 0.6 is 24.0 Å². The summed E-state index contributed by atoms with van der Waals surface area (Å²) in [5.41, 5.74) is 6.84. The van der Waals surface area contributed by atoms with Gasteiger partial charge >= 0.3 is 0 Å². The summed E-state index contributed by atoms with van der Waals surface area (Å²) in [4.78, 5) is 19.0. The van der Waals surface area contributed by atoms with Crippen molar-refractivity contribution in [3.63, 3.8) is 0 Å². The molecule has 27 heavy (non-hydrogen) atoms. The number of halogens is 2. The third-order valence-electron chi connectivity index (χ3n) is 4.85. The summed E-state index contributed by atoms with van der Waals surface area (Å²) in [6, 6.07) is 7.55. The second-order valence-corrected chi connectivity index (χ2v) is 7.76. The molecule has 1 aliphatic rings. The highest BCUT2D eigenvalue weighted by molar-refractivity contribution is 6.32. The van der Waals surface area contributed by atoms with Crippen LogP contribution in [0.1, 0.15) is 55.5 Å². The van der Waals surface area contributed by atoms with Crippen LogP contribution in [0, 0.1) is 5.92 Å². The minimum absolute atomic E-state index is 0. The second-order valence-electron chi connectivity index (χ2n) is 7.35. The van der Waals surface area contributed by atoms with Crippen LogP contribution in [0.2, 0.25) is 5.02 Å². The number of carbonyl (C=O) groups is 1. The molecular weight excluding hydrogens is 385 g/mol. The summed E-state index contributed by atoms with van der Waals surface area (Å²) in [5.74, 6) is 1.58. The number of nitrogens with zero attached hydrogens (tertiary/aromatic N) is 4. The quantitative estimate of drug-likeness (QED) is 0.753. The molecule has 148 valence electrons. The van der Waals surface area contributed by atoms with E-state index in [1.165, 1.54) is 0 Å². The van der Waals surface area contributed by atoms with Gasteiger partial charge in [0, 0.05) is 25.6 Å². The van der Waals surface area contributed by atoms with Crippen molar-refractivity contribution in [2.24, 2.45) is 11.7 Å². The Labute approximate surface area is 171 Å². The minimum atomic E-state index is -0.186. The Morgan fingerprint density at radius 2 is 2.04 bits per heavy atom. The van der Waals surface area contributed by atoms with Crippen molar-refractivity contribution in [2.45, 2.75) is 45.1 Å². The molecule has 1 aromatic carbocycles. The van der Waals surface area contributed by atoms with E-state index in [9.17, 15) is 4.79 Å². The lowest BCUT2D eigenvalue weighted by Gasteiger charge is -2.20. The predicted octanol–water partition coefficient (Wildman–Crippen LogP) is 3.67. The Morgan fingerprint density at radius 3 is 2.63 bits per heavy atom. The average Bonchev–Trinajstić information content (AvgIpc) is 3.38. The molecule has 1 saturated carbocycles. The molecule has 2 N–H and O–H groups in total. The second kappa shape index (κ2) is 9.04. The van der Waals surface area contributed by atoms with Gasteiger partial charge in [-0.2, -0.15) is 0 Å². The summed E-state index contributed by atoms with van der Waals surface area (Å²) in [6.45, 7) is 4.75. The molecule has 1 amide bonds. The van der Waals surface area contributed by atoms with Gasteiger partial charge in [-0.05, 0) is 37.3 Å². The van der Waals surface area contributed by atoms with E-state index in [0.717, 1.165) is 30.8 Å². The van der Waals surface area contributed by atoms with Crippen molar-refractivity contribution in [1.29, 1.82) is 0 Å². The van der Waals surface area contributed by atoms with Gasteiger partial charge in [-0.15, -0.1) is 17.5 Å². The zero-order valence-electron chi connectivity index (χ0n) is 15.9. The van der Waals surface area contributed by atoms with E-state index in [1.807, 2.05) is 24.3 Å². The van der Waals surface area contributed by atoms with Crippen LogP contribution in [-0.2, 0) is 0 Å². The molecule has 2 aromatic rings. The van der Waals surface area contributed by atoms with Gasteiger partial charge in [0.25, 0.3) is 5.91 Å². The normalized spacial score (nSPS) is 14.7. The summed E-state index contributed by atoms with van der Waals surface area (Å²) < 4.78 is 1.72. The van der Waals surface area contributed by atoms with Crippen LogP contribution < -0.4 is 5.73 Å². The van der Waals surface area contributed by atoms with E-state index in [1.54, 1.807) is 16.6 Å². The zero-order chi connectivity index (χ0) is 18.8. The minimum Gasteiger partial charge on any atom is -0.339 e. The van der Waals surface area contributed by atoms with E-state index >= 15 is 0 Å². The van der Waals surface area contributed by atoms with Gasteiger partial charge in [-0.3, -0.25) is 4.79 Å². The average molecular weight is 412 g/mol. The van der Waals surface area contributed by atoms with Gasteiger partial charge in [0.1, 0.15) is 5.82 Å². The summed E-state index contributed by atoms with van der Waals surface area (Å²) in [6.07, 6.45) is 2.88. The van der Waals surface area contributed by atoms with E-state index < -0.39 is 0 Å². The van der Waals surface area contributed by atoms with Crippen LogP contribution in [0.25, 0.3) is 5.69 Å². The molecule has 0 saturated heterocycles. The molecule has 0 aliphatic heterocycles. The maximum atomic E-state index is 12.8. The molecule has 1 aliphatic carbocycles. The molecule has 0 bridgehead atoms. The molecule has 3 rings (SSSR count). The van der Waals surface area contributed by atoms with Crippen molar-refractivity contribution < 1.29 is 4.79 Å². The largest absolute Gasteiger partial charge is 0.339 e. The van der Waals surface area contributed by atoms with Gasteiger partial charge in [0.2, 0.25) is 5.82 Å². The van der Waals surface area contributed by atoms with Crippen LogP contribution in [0.5, 0.6) is 0 Å². The van der Waals surface area contributed by atoms with Gasteiger partial charge < -0.3 is 10.6 Å². The number of hydrogen-bond donors (Lipinski definition) is 1. The zero-order valence-corrected chi connectivity index (χ0v) is 17.5. The number of nitrogens with two attached hydrogens (primary N) is 1. The molecule has 0 spiro atoms. The van der Waals surface area contributed by atoms with Crippen LogP contribution in [0.15, 0.2) is 24.3 Å². The number of amides is 1. The SMILES string of the molecule is CC(C)C(N)CCN(C)C(=O)c1nc(C2CC2)n(-c2ccccc2Cl)n1.Cl. The van der Waals surface area contributed by atoms with E-state index in [2.05, 4.69) is 23.9 Å². The van der Waals surface area contributed by atoms with Crippen LogP contribution in [-0.4, -0.2) is 45.2 Å². The van der Waals surface area contributed by atoms with Crippen molar-refractivity contribution in [2.75, 3.05) is 13.6 Å². The summed E-state index contributed by atoms with van der Waals surface area (Å²) in [7, 11) is 1.77. The molecule has 8 heteroatoms. The van der Waals surface area contributed by atoms with E-state index in [0.29, 0.717) is 23.4 Å². The molecule has 6 nitrogen and oxygen atoms in total. The first-order chi connectivity index (χ1) is 12.4.